The van der Waals surface area contributed by atoms with Crippen LogP contribution in [-0.2, 0) is 9.59 Å². The van der Waals surface area contributed by atoms with E-state index in [9.17, 15) is 9.59 Å². The summed E-state index contributed by atoms with van der Waals surface area (Å²) in [5.41, 5.74) is 0.730. The van der Waals surface area contributed by atoms with Gasteiger partial charge in [-0.3, -0.25) is 9.59 Å². The molecule has 2 nitrogen and oxygen atoms in total. The van der Waals surface area contributed by atoms with Crippen LogP contribution in [0.1, 0.15) is 19.3 Å². The van der Waals surface area contributed by atoms with Crippen LogP contribution < -0.4 is 0 Å². The maximum Gasteiger partial charge on any atom is 0.160 e. The van der Waals surface area contributed by atoms with E-state index in [2.05, 4.69) is 13.2 Å². The molecular formula is C14H16O2. The molecule has 0 bridgehead atoms. The molecular weight excluding hydrogens is 200 g/mol. The van der Waals surface area contributed by atoms with Crippen molar-refractivity contribution in [2.24, 2.45) is 5.92 Å². The van der Waals surface area contributed by atoms with Crippen molar-refractivity contribution in [1.29, 1.82) is 0 Å². The van der Waals surface area contributed by atoms with Gasteiger partial charge in [0.15, 0.2) is 5.78 Å². The minimum absolute atomic E-state index is 0.115. The maximum absolute atomic E-state index is 11.3. The number of hydrogen-bond acceptors (Lipinski definition) is 2. The van der Waals surface area contributed by atoms with Gasteiger partial charge < -0.3 is 0 Å². The molecule has 84 valence electrons. The highest BCUT2D eigenvalue weighted by Crippen LogP contribution is 2.29. The number of rotatable bonds is 1. The average Bonchev–Trinajstić information content (AvgIpc) is 2.35. The molecule has 1 atom stereocenters. The number of allylic oxidation sites excluding steroid dienone is 6. The maximum atomic E-state index is 11.3. The minimum Gasteiger partial charge on any atom is -0.299 e. The van der Waals surface area contributed by atoms with Crippen LogP contribution in [0.5, 0.6) is 0 Å². The number of ketones is 2. The molecule has 0 radical (unpaired) electrons. The standard InChI is InChI=1S/C10H10O2.C4H6/c11-9-5-6-10(12)8-4-2-1-3-7(8)9;1-3-4-2/h1-3,8H,4-6H2;3-4H,1-2H2. The summed E-state index contributed by atoms with van der Waals surface area (Å²) >= 11 is 0. The van der Waals surface area contributed by atoms with Crippen LogP contribution in [0.25, 0.3) is 0 Å². The smallest absolute Gasteiger partial charge is 0.160 e. The van der Waals surface area contributed by atoms with Crippen molar-refractivity contribution < 1.29 is 9.59 Å². The first-order chi connectivity index (χ1) is 7.70. The van der Waals surface area contributed by atoms with Gasteiger partial charge in [-0.15, -0.1) is 0 Å². The first-order valence-corrected chi connectivity index (χ1v) is 5.36. The van der Waals surface area contributed by atoms with E-state index < -0.39 is 0 Å². The van der Waals surface area contributed by atoms with Crippen LogP contribution in [0.3, 0.4) is 0 Å². The molecule has 1 fully saturated rings. The summed E-state index contributed by atoms with van der Waals surface area (Å²) in [5, 5.41) is 0. The average molecular weight is 216 g/mol. The summed E-state index contributed by atoms with van der Waals surface area (Å²) in [6.07, 6.45) is 10.4. The molecule has 1 unspecified atom stereocenters. The summed E-state index contributed by atoms with van der Waals surface area (Å²) in [5.74, 6) is 0.269. The fraction of sp³-hybridized carbons (Fsp3) is 0.286. The molecule has 2 aliphatic rings. The van der Waals surface area contributed by atoms with Crippen LogP contribution in [0, 0.1) is 5.92 Å². The first-order valence-electron chi connectivity index (χ1n) is 5.36. The van der Waals surface area contributed by atoms with E-state index in [1.165, 1.54) is 0 Å². The third kappa shape index (κ3) is 2.89. The molecule has 0 heterocycles. The molecule has 0 amide bonds. The monoisotopic (exact) mass is 216 g/mol. The number of carbonyl (C=O) groups is 2. The second-order valence-electron chi connectivity index (χ2n) is 3.70. The lowest BCUT2D eigenvalue weighted by atomic mass is 9.78. The zero-order valence-corrected chi connectivity index (χ0v) is 9.32. The second kappa shape index (κ2) is 6.01. The molecule has 0 aromatic heterocycles. The fourth-order valence-corrected chi connectivity index (χ4v) is 1.78. The zero-order valence-electron chi connectivity index (χ0n) is 9.32. The fourth-order valence-electron chi connectivity index (χ4n) is 1.78. The molecule has 0 aromatic carbocycles. The highest BCUT2D eigenvalue weighted by atomic mass is 16.1. The van der Waals surface area contributed by atoms with Crippen molar-refractivity contribution in [2.45, 2.75) is 19.3 Å². The highest BCUT2D eigenvalue weighted by Gasteiger charge is 2.31. The zero-order chi connectivity index (χ0) is 12.0. The molecule has 0 aromatic rings. The molecule has 2 heteroatoms. The predicted molar refractivity (Wildman–Crippen MR) is 65.0 cm³/mol. The van der Waals surface area contributed by atoms with Gasteiger partial charge in [0.25, 0.3) is 0 Å². The summed E-state index contributed by atoms with van der Waals surface area (Å²) in [6.45, 7) is 6.72. The van der Waals surface area contributed by atoms with Crippen molar-refractivity contribution in [3.63, 3.8) is 0 Å². The Morgan fingerprint density at radius 3 is 2.44 bits per heavy atom. The molecule has 0 saturated heterocycles. The van der Waals surface area contributed by atoms with E-state index in [-0.39, 0.29) is 17.5 Å². The molecule has 1 saturated carbocycles. The van der Waals surface area contributed by atoms with Crippen LogP contribution in [-0.4, -0.2) is 11.6 Å². The van der Waals surface area contributed by atoms with Gasteiger partial charge in [-0.25, -0.2) is 0 Å². The minimum atomic E-state index is -0.115. The van der Waals surface area contributed by atoms with Gasteiger partial charge >= 0.3 is 0 Å². The summed E-state index contributed by atoms with van der Waals surface area (Å²) < 4.78 is 0. The van der Waals surface area contributed by atoms with E-state index in [1.54, 1.807) is 18.2 Å². The van der Waals surface area contributed by atoms with Crippen molar-refractivity contribution in [3.05, 3.63) is 49.1 Å². The quantitative estimate of drug-likeness (QED) is 0.631. The highest BCUT2D eigenvalue weighted by molar-refractivity contribution is 6.07. The molecule has 16 heavy (non-hydrogen) atoms. The van der Waals surface area contributed by atoms with Crippen molar-refractivity contribution in [2.75, 3.05) is 0 Å². The van der Waals surface area contributed by atoms with Crippen molar-refractivity contribution in [1.82, 2.24) is 0 Å². The van der Waals surface area contributed by atoms with E-state index in [0.29, 0.717) is 12.8 Å². The number of carbonyl (C=O) groups excluding carboxylic acids is 2. The molecule has 2 rings (SSSR count). The van der Waals surface area contributed by atoms with Gasteiger partial charge in [0.2, 0.25) is 0 Å². The van der Waals surface area contributed by atoms with Crippen LogP contribution in [0.2, 0.25) is 0 Å². The largest absolute Gasteiger partial charge is 0.299 e. The van der Waals surface area contributed by atoms with Gasteiger partial charge in [0.1, 0.15) is 5.78 Å². The normalized spacial score (nSPS) is 22.5. The van der Waals surface area contributed by atoms with Crippen LogP contribution in [0.4, 0.5) is 0 Å². The first kappa shape index (κ1) is 12.4. The number of fused-ring (bicyclic) bond motifs is 1. The predicted octanol–water partition coefficient (Wildman–Crippen LogP) is 2.78. The third-order valence-corrected chi connectivity index (χ3v) is 2.63. The number of hydrogen-bond donors (Lipinski definition) is 0. The van der Waals surface area contributed by atoms with E-state index in [1.807, 2.05) is 12.2 Å². The Hall–Kier alpha value is -1.70. The SMILES string of the molecule is C=CC=C.O=C1CCC(=O)C2CC=CC=C12. The Labute approximate surface area is 96.0 Å². The van der Waals surface area contributed by atoms with Crippen LogP contribution in [0.15, 0.2) is 49.1 Å². The molecule has 2 aliphatic carbocycles. The van der Waals surface area contributed by atoms with E-state index in [4.69, 9.17) is 0 Å². The lowest BCUT2D eigenvalue weighted by Crippen LogP contribution is -2.28. The Morgan fingerprint density at radius 1 is 1.19 bits per heavy atom. The third-order valence-electron chi connectivity index (χ3n) is 2.63. The second-order valence-corrected chi connectivity index (χ2v) is 3.70. The molecule has 0 N–H and O–H groups in total. The topological polar surface area (TPSA) is 34.1 Å². The Bertz CT molecular complexity index is 366. The van der Waals surface area contributed by atoms with Crippen molar-refractivity contribution in [3.8, 4) is 0 Å². The lowest BCUT2D eigenvalue weighted by molar-refractivity contribution is -0.128. The van der Waals surface area contributed by atoms with Gasteiger partial charge in [-0.05, 0) is 6.42 Å². The van der Waals surface area contributed by atoms with E-state index >= 15 is 0 Å². The Balaban J connectivity index is 0.000000280. The number of Topliss-reactive ketones (excluding diaryl/α,β-unsaturated/α-hetero) is 2. The summed E-state index contributed by atoms with van der Waals surface area (Å²) in [4.78, 5) is 22.7. The van der Waals surface area contributed by atoms with Gasteiger partial charge in [-0.2, -0.15) is 0 Å². The van der Waals surface area contributed by atoms with Crippen LogP contribution >= 0.6 is 0 Å². The van der Waals surface area contributed by atoms with Gasteiger partial charge in [0.05, 0.1) is 0 Å². The lowest BCUT2D eigenvalue weighted by Gasteiger charge is -2.23. The van der Waals surface area contributed by atoms with Gasteiger partial charge in [0, 0.05) is 24.3 Å². The Morgan fingerprint density at radius 2 is 1.88 bits per heavy atom. The van der Waals surface area contributed by atoms with Crippen molar-refractivity contribution >= 4 is 11.6 Å². The van der Waals surface area contributed by atoms with Gasteiger partial charge in [-0.1, -0.05) is 43.5 Å². The Kier molecular flexibility index (Phi) is 4.65. The molecule has 0 aliphatic heterocycles. The van der Waals surface area contributed by atoms with E-state index in [0.717, 1.165) is 12.0 Å². The summed E-state index contributed by atoms with van der Waals surface area (Å²) in [7, 11) is 0. The molecule has 0 spiro atoms. The summed E-state index contributed by atoms with van der Waals surface area (Å²) in [6, 6.07) is 0.